The number of nitriles is 1. The van der Waals surface area contributed by atoms with Gasteiger partial charge in [0.25, 0.3) is 0 Å². The second-order valence-corrected chi connectivity index (χ2v) is 14.5. The van der Waals surface area contributed by atoms with Crippen molar-refractivity contribution in [3.05, 3.63) is 53.1 Å². The Labute approximate surface area is 295 Å². The number of fused-ring (bicyclic) bond motifs is 1. The number of rotatable bonds is 9. The van der Waals surface area contributed by atoms with Crippen molar-refractivity contribution in [2.75, 3.05) is 63.9 Å². The van der Waals surface area contributed by atoms with E-state index in [0.717, 1.165) is 38.0 Å². The molecule has 3 aliphatic rings. The highest BCUT2D eigenvalue weighted by Gasteiger charge is 2.46. The highest BCUT2D eigenvalue weighted by atomic mass is 35.5. The molecule has 1 aromatic carbocycles. The van der Waals surface area contributed by atoms with Gasteiger partial charge in [0.1, 0.15) is 23.5 Å². The molecule has 2 amide bonds. The number of carbonyl (C=O) groups excluding carboxylic acids is 2. The molecule has 3 fully saturated rings. The van der Waals surface area contributed by atoms with Crippen molar-refractivity contribution in [2.24, 2.45) is 5.41 Å². The van der Waals surface area contributed by atoms with Crippen molar-refractivity contribution >= 4 is 40.5 Å². The van der Waals surface area contributed by atoms with Crippen LogP contribution in [0.4, 0.5) is 19.8 Å². The summed E-state index contributed by atoms with van der Waals surface area (Å²) in [4.78, 5) is 46.3. The van der Waals surface area contributed by atoms with Crippen molar-refractivity contribution in [1.82, 2.24) is 29.7 Å². The summed E-state index contributed by atoms with van der Waals surface area (Å²) in [5, 5.41) is 9.65. The molecule has 15 heteroatoms. The molecule has 0 unspecified atom stereocenters. The summed E-state index contributed by atoms with van der Waals surface area (Å²) in [6.07, 6.45) is 2.61. The van der Waals surface area contributed by atoms with Gasteiger partial charge in [0, 0.05) is 64.0 Å². The van der Waals surface area contributed by atoms with Crippen molar-refractivity contribution in [3.8, 4) is 12.1 Å². The summed E-state index contributed by atoms with van der Waals surface area (Å²) in [7, 11) is 0. The molecule has 0 bridgehead atoms. The number of nitrogens with zero attached hydrogens (tertiary/aromatic N) is 8. The van der Waals surface area contributed by atoms with Crippen LogP contribution in [0.3, 0.4) is 0 Å². The van der Waals surface area contributed by atoms with Crippen LogP contribution in [0, 0.1) is 22.6 Å². The molecule has 0 radical (unpaired) electrons. The Kier molecular flexibility index (Phi) is 10.5. The van der Waals surface area contributed by atoms with E-state index in [4.69, 9.17) is 30.8 Å². The van der Waals surface area contributed by atoms with Crippen LogP contribution in [-0.4, -0.2) is 112 Å². The predicted molar refractivity (Wildman–Crippen MR) is 183 cm³/mol. The molecule has 1 atom stereocenters. The predicted octanol–water partition coefficient (Wildman–Crippen LogP) is 5.27. The van der Waals surface area contributed by atoms with Gasteiger partial charge >= 0.3 is 18.2 Å². The van der Waals surface area contributed by atoms with Crippen molar-refractivity contribution in [2.45, 2.75) is 58.3 Å². The minimum Gasteiger partial charge on any atom is -0.463 e. The van der Waals surface area contributed by atoms with Crippen LogP contribution in [-0.2, 0) is 16.1 Å². The van der Waals surface area contributed by atoms with E-state index in [1.807, 2.05) is 56.0 Å². The molecule has 0 N–H and O–H groups in total. The first-order chi connectivity index (χ1) is 23.9. The molecule has 2 saturated heterocycles. The lowest BCUT2D eigenvalue weighted by Crippen LogP contribution is -2.55. The number of benzene rings is 1. The third-order valence-corrected chi connectivity index (χ3v) is 9.46. The summed E-state index contributed by atoms with van der Waals surface area (Å²) in [5.41, 5.74) is 0.195. The summed E-state index contributed by atoms with van der Waals surface area (Å²) < 4.78 is 32.7. The Morgan fingerprint density at radius 2 is 1.80 bits per heavy atom. The van der Waals surface area contributed by atoms with E-state index in [1.165, 1.54) is 6.20 Å². The third kappa shape index (κ3) is 8.45. The number of hydrogen-bond donors (Lipinski definition) is 0. The number of amides is 2. The Morgan fingerprint density at radius 3 is 2.48 bits per heavy atom. The number of ether oxygens (including phenoxy) is 3. The van der Waals surface area contributed by atoms with Gasteiger partial charge in [-0.2, -0.15) is 15.2 Å². The molecule has 0 spiro atoms. The summed E-state index contributed by atoms with van der Waals surface area (Å²) in [6, 6.07) is 11.1. The number of halogens is 2. The van der Waals surface area contributed by atoms with Crippen LogP contribution in [0.1, 0.15) is 45.6 Å². The van der Waals surface area contributed by atoms with Crippen LogP contribution < -0.4 is 9.64 Å². The molecular weight excluding hydrogens is 667 g/mol. The van der Waals surface area contributed by atoms with E-state index >= 15 is 4.39 Å². The van der Waals surface area contributed by atoms with E-state index in [-0.39, 0.29) is 54.3 Å². The third-order valence-electron chi connectivity index (χ3n) is 9.20. The monoisotopic (exact) mass is 708 g/mol. The topological polar surface area (TPSA) is 137 Å². The molecule has 4 heterocycles. The Balaban J connectivity index is 1.13. The van der Waals surface area contributed by atoms with Crippen LogP contribution in [0.25, 0.3) is 10.9 Å². The lowest BCUT2D eigenvalue weighted by molar-refractivity contribution is 0.0119. The summed E-state index contributed by atoms with van der Waals surface area (Å²) in [6.45, 7) is 10.3. The molecule has 2 aliphatic heterocycles. The lowest BCUT2D eigenvalue weighted by Gasteiger charge is -2.40. The van der Waals surface area contributed by atoms with Gasteiger partial charge < -0.3 is 28.9 Å². The highest BCUT2D eigenvalue weighted by Crippen LogP contribution is 2.46. The minimum absolute atomic E-state index is 0.0104. The maximum absolute atomic E-state index is 15.4. The van der Waals surface area contributed by atoms with Gasteiger partial charge in [-0.15, -0.1) is 0 Å². The Bertz CT molecular complexity index is 1740. The molecule has 6 rings (SSSR count). The minimum atomic E-state index is -0.779. The number of pyridine rings is 1. The molecule has 1 aliphatic carbocycles. The van der Waals surface area contributed by atoms with E-state index in [9.17, 15) is 14.9 Å². The molecular formula is C35H42ClFN8O5. The molecule has 3 aromatic rings. The summed E-state index contributed by atoms with van der Waals surface area (Å²) >= 11 is 6.07. The maximum Gasteiger partial charge on any atom is 0.410 e. The van der Waals surface area contributed by atoms with Gasteiger partial charge in [-0.1, -0.05) is 41.9 Å². The number of carbonyl (C=O) groups is 2. The average molecular weight is 709 g/mol. The van der Waals surface area contributed by atoms with E-state index in [2.05, 4.69) is 20.9 Å². The number of piperazine rings is 2. The second kappa shape index (κ2) is 14.8. The van der Waals surface area contributed by atoms with Gasteiger partial charge in [-0.05, 0) is 39.2 Å². The Hall–Kier alpha value is -4.48. The zero-order valence-electron chi connectivity index (χ0n) is 28.6. The SMILES string of the molecule is CC(C)(C)OC(=O)N1CCN(CC2(COc3nc(N4CCN(C(=O)OCc5ccccc5)[C@@H](CC#N)C4)c4cnc(Cl)c(F)c4n3)CC2)CC1. The first kappa shape index (κ1) is 35.3. The molecule has 13 nitrogen and oxygen atoms in total. The second-order valence-electron chi connectivity index (χ2n) is 14.2. The van der Waals surface area contributed by atoms with Crippen LogP contribution >= 0.6 is 11.6 Å². The summed E-state index contributed by atoms with van der Waals surface area (Å²) in [5.74, 6) is -0.394. The van der Waals surface area contributed by atoms with Crippen molar-refractivity contribution in [1.29, 1.82) is 5.26 Å². The smallest absolute Gasteiger partial charge is 0.410 e. The van der Waals surface area contributed by atoms with Crippen molar-refractivity contribution < 1.29 is 28.2 Å². The van der Waals surface area contributed by atoms with Crippen LogP contribution in [0.5, 0.6) is 6.01 Å². The first-order valence-electron chi connectivity index (χ1n) is 16.9. The first-order valence-corrected chi connectivity index (χ1v) is 17.3. The quantitative estimate of drug-likeness (QED) is 0.269. The molecule has 50 heavy (non-hydrogen) atoms. The fourth-order valence-electron chi connectivity index (χ4n) is 6.31. The maximum atomic E-state index is 15.4. The van der Waals surface area contributed by atoms with E-state index in [0.29, 0.717) is 37.4 Å². The average Bonchev–Trinajstić information content (AvgIpc) is 3.87. The standard InChI is InChI=1S/C35H42ClFN8O5/c1-34(2,3)50-32(46)43-15-13-42(14-16-43)22-35(10-11-35)23-49-31-40-28-26(19-39-29(36)27(28)37)30(41-31)44-17-18-45(25(20-44)9-12-38)33(47)48-21-24-7-5-4-6-8-24/h4-8,19,25H,9-11,13-18,20-23H2,1-3H3/t25-/m0/s1. The fraction of sp³-hybridized carbons (Fsp3) is 0.543. The van der Waals surface area contributed by atoms with E-state index < -0.39 is 23.6 Å². The van der Waals surface area contributed by atoms with Crippen molar-refractivity contribution in [3.63, 3.8) is 0 Å². The zero-order chi connectivity index (χ0) is 35.5. The highest BCUT2D eigenvalue weighted by molar-refractivity contribution is 6.30. The number of anilines is 1. The van der Waals surface area contributed by atoms with Crippen LogP contribution in [0.15, 0.2) is 36.5 Å². The molecule has 266 valence electrons. The lowest BCUT2D eigenvalue weighted by atomic mass is 10.1. The number of hydrogen-bond acceptors (Lipinski definition) is 11. The zero-order valence-corrected chi connectivity index (χ0v) is 29.4. The van der Waals surface area contributed by atoms with Gasteiger partial charge in [-0.25, -0.2) is 19.0 Å². The number of aromatic nitrogens is 3. The fourth-order valence-corrected chi connectivity index (χ4v) is 6.45. The molecule has 2 aromatic heterocycles. The van der Waals surface area contributed by atoms with Gasteiger partial charge in [-0.3, -0.25) is 4.90 Å². The van der Waals surface area contributed by atoms with Gasteiger partial charge in [0.05, 0.1) is 30.5 Å². The van der Waals surface area contributed by atoms with Gasteiger partial charge in [0.2, 0.25) is 0 Å². The Morgan fingerprint density at radius 1 is 1.06 bits per heavy atom. The largest absolute Gasteiger partial charge is 0.463 e. The normalized spacial score (nSPS) is 19.2. The van der Waals surface area contributed by atoms with Crippen LogP contribution in [0.2, 0.25) is 5.15 Å². The van der Waals surface area contributed by atoms with E-state index in [1.54, 1.807) is 9.80 Å². The molecule has 1 saturated carbocycles. The van der Waals surface area contributed by atoms with Gasteiger partial charge in [0.15, 0.2) is 11.0 Å².